The van der Waals surface area contributed by atoms with Gasteiger partial charge in [-0.25, -0.2) is 0 Å². The molecule has 0 N–H and O–H groups in total. The van der Waals surface area contributed by atoms with Gasteiger partial charge in [0.25, 0.3) is 0 Å². The molecule has 1 fully saturated rings. The molecule has 8 heteroatoms. The Labute approximate surface area is 223 Å². The minimum Gasteiger partial charge on any atom is -0.368 e. The third-order valence-electron chi connectivity index (χ3n) is 7.24. The maximum Gasteiger partial charge on any atom is 0.219 e. The predicted octanol–water partition coefficient (Wildman–Crippen LogP) is 4.36. The van der Waals surface area contributed by atoms with Gasteiger partial charge in [0, 0.05) is 81.0 Å². The quantitative estimate of drug-likeness (QED) is 0.457. The van der Waals surface area contributed by atoms with Gasteiger partial charge in [0.1, 0.15) is 6.07 Å². The predicted molar refractivity (Wildman–Crippen MR) is 146 cm³/mol. The summed E-state index contributed by atoms with van der Waals surface area (Å²) in [5.74, 6) is 0.0940. The average Bonchev–Trinajstić information content (AvgIpc) is 3.29. The lowest BCUT2D eigenvalue weighted by Gasteiger charge is -2.36. The zero-order valence-electron chi connectivity index (χ0n) is 21.1. The second kappa shape index (κ2) is 11.2. The minimum absolute atomic E-state index is 0.0940. The summed E-state index contributed by atoms with van der Waals surface area (Å²) in [6.45, 7) is 8.27. The summed E-state index contributed by atoms with van der Waals surface area (Å²) >= 11 is 6.11. The van der Waals surface area contributed by atoms with Crippen molar-refractivity contribution in [2.75, 3.05) is 44.2 Å². The number of amides is 1. The van der Waals surface area contributed by atoms with Crippen LogP contribution in [0.15, 0.2) is 60.7 Å². The van der Waals surface area contributed by atoms with Crippen molar-refractivity contribution in [2.24, 2.45) is 0 Å². The van der Waals surface area contributed by atoms with Gasteiger partial charge in [0.15, 0.2) is 0 Å². The Balaban J connectivity index is 1.23. The summed E-state index contributed by atoms with van der Waals surface area (Å²) in [7, 11) is 0. The number of anilines is 1. The fourth-order valence-corrected chi connectivity index (χ4v) is 5.29. The molecule has 7 nitrogen and oxygen atoms in total. The van der Waals surface area contributed by atoms with Gasteiger partial charge < -0.3 is 9.80 Å². The molecule has 0 spiro atoms. The fraction of sp³-hybridized carbons (Fsp3) is 0.345. The lowest BCUT2D eigenvalue weighted by atomic mass is 10.0. The number of piperazine rings is 1. The molecule has 0 saturated carbocycles. The Morgan fingerprint density at radius 1 is 1.03 bits per heavy atom. The van der Waals surface area contributed by atoms with Gasteiger partial charge in [0.05, 0.1) is 23.5 Å². The Kier molecular flexibility index (Phi) is 7.59. The van der Waals surface area contributed by atoms with E-state index in [9.17, 15) is 10.1 Å². The number of hydrogen-bond donors (Lipinski definition) is 0. The molecule has 1 amide bonds. The first-order chi connectivity index (χ1) is 18.0. The van der Waals surface area contributed by atoms with Crippen LogP contribution >= 0.6 is 11.6 Å². The van der Waals surface area contributed by atoms with Gasteiger partial charge in [-0.2, -0.15) is 10.4 Å². The maximum atomic E-state index is 12.1. The number of carbonyl (C=O) groups is 1. The number of benzene rings is 2. The van der Waals surface area contributed by atoms with E-state index in [1.54, 1.807) is 6.92 Å². The number of halogens is 1. The highest BCUT2D eigenvalue weighted by Crippen LogP contribution is 2.31. The molecule has 2 aromatic carbocycles. The van der Waals surface area contributed by atoms with Gasteiger partial charge in [-0.1, -0.05) is 48.0 Å². The number of nitriles is 1. The molecule has 0 radical (unpaired) electrons. The van der Waals surface area contributed by atoms with Crippen molar-refractivity contribution in [1.29, 1.82) is 5.26 Å². The lowest BCUT2D eigenvalue weighted by Crippen LogP contribution is -2.46. The highest BCUT2D eigenvalue weighted by atomic mass is 35.5. The van der Waals surface area contributed by atoms with Crippen LogP contribution in [0.2, 0.25) is 5.02 Å². The first-order valence-electron chi connectivity index (χ1n) is 12.7. The van der Waals surface area contributed by atoms with Crippen LogP contribution in [0.25, 0.3) is 11.3 Å². The molecule has 0 atom stereocenters. The first kappa shape index (κ1) is 25.1. The number of aromatic nitrogens is 2. The number of fused-ring (bicyclic) bond motifs is 1. The van der Waals surface area contributed by atoms with Gasteiger partial charge in [-0.15, -0.1) is 0 Å². The Morgan fingerprint density at radius 2 is 1.76 bits per heavy atom. The van der Waals surface area contributed by atoms with E-state index >= 15 is 0 Å². The SMILES string of the molecule is CC(=O)N1CCc2c(c(-c3ccc(Cl)cc3)nn2CC=CCN2CCN(c3ccccc3C#N)CC2)C1. The molecule has 2 aliphatic heterocycles. The number of rotatable bonds is 6. The first-order valence-corrected chi connectivity index (χ1v) is 13.1. The van der Waals surface area contributed by atoms with Crippen molar-refractivity contribution < 1.29 is 4.79 Å². The monoisotopic (exact) mass is 514 g/mol. The lowest BCUT2D eigenvalue weighted by molar-refractivity contribution is -0.129. The van der Waals surface area contributed by atoms with Crippen molar-refractivity contribution in [3.05, 3.63) is 82.5 Å². The molecule has 3 aromatic rings. The number of hydrogen-bond acceptors (Lipinski definition) is 5. The summed E-state index contributed by atoms with van der Waals surface area (Å²) in [6, 6.07) is 17.9. The van der Waals surface area contributed by atoms with Gasteiger partial charge in [-0.3, -0.25) is 14.4 Å². The van der Waals surface area contributed by atoms with Crippen LogP contribution in [0.5, 0.6) is 0 Å². The zero-order chi connectivity index (χ0) is 25.8. The van der Waals surface area contributed by atoms with Crippen LogP contribution in [0.1, 0.15) is 23.7 Å². The smallest absolute Gasteiger partial charge is 0.219 e. The van der Waals surface area contributed by atoms with E-state index < -0.39 is 0 Å². The molecule has 5 rings (SSSR count). The van der Waals surface area contributed by atoms with Crippen molar-refractivity contribution in [2.45, 2.75) is 26.4 Å². The van der Waals surface area contributed by atoms with Crippen LogP contribution in [-0.2, 0) is 24.3 Å². The summed E-state index contributed by atoms with van der Waals surface area (Å²) in [5, 5.41) is 15.1. The number of allylic oxidation sites excluding steroid dienone is 1. The molecule has 1 aromatic heterocycles. The molecule has 37 heavy (non-hydrogen) atoms. The third kappa shape index (κ3) is 5.56. The summed E-state index contributed by atoms with van der Waals surface area (Å²) in [4.78, 5) is 18.7. The number of carbonyl (C=O) groups excluding carboxylic acids is 1. The maximum absolute atomic E-state index is 12.1. The van der Waals surface area contributed by atoms with E-state index in [0.717, 1.165) is 73.8 Å². The summed E-state index contributed by atoms with van der Waals surface area (Å²) in [6.07, 6.45) is 5.21. The van der Waals surface area contributed by atoms with Crippen LogP contribution in [0.3, 0.4) is 0 Å². The fourth-order valence-electron chi connectivity index (χ4n) is 5.16. The Morgan fingerprint density at radius 3 is 2.49 bits per heavy atom. The molecule has 0 unspecified atom stereocenters. The van der Waals surface area contributed by atoms with Crippen LogP contribution < -0.4 is 4.90 Å². The second-order valence-corrected chi connectivity index (χ2v) is 9.98. The molecule has 190 valence electrons. The highest BCUT2D eigenvalue weighted by Gasteiger charge is 2.26. The minimum atomic E-state index is 0.0940. The average molecular weight is 515 g/mol. The third-order valence-corrected chi connectivity index (χ3v) is 7.50. The van der Waals surface area contributed by atoms with Crippen LogP contribution in [-0.4, -0.2) is 64.8 Å². The van der Waals surface area contributed by atoms with E-state index in [4.69, 9.17) is 16.7 Å². The Bertz CT molecular complexity index is 1330. The topological polar surface area (TPSA) is 68.4 Å². The molecule has 2 aliphatic rings. The van der Waals surface area contributed by atoms with Gasteiger partial charge >= 0.3 is 0 Å². The van der Waals surface area contributed by atoms with E-state index in [-0.39, 0.29) is 5.91 Å². The number of nitrogens with zero attached hydrogens (tertiary/aromatic N) is 6. The van der Waals surface area contributed by atoms with Crippen molar-refractivity contribution >= 4 is 23.2 Å². The standard InChI is InChI=1S/C29H31ClN6O/c1-22(37)35-15-12-28-26(21-35)29(23-8-10-25(30)11-9-23)32-36(28)14-5-4-13-33-16-18-34(19-17-33)27-7-3-2-6-24(27)20-31/h2-11H,12-19,21H2,1H3. The van der Waals surface area contributed by atoms with Crippen molar-refractivity contribution in [3.63, 3.8) is 0 Å². The molecule has 0 aliphatic carbocycles. The normalized spacial score (nSPS) is 16.1. The molecule has 1 saturated heterocycles. The van der Waals surface area contributed by atoms with E-state index in [2.05, 4.69) is 32.7 Å². The number of para-hydroxylation sites is 1. The van der Waals surface area contributed by atoms with Crippen molar-refractivity contribution in [1.82, 2.24) is 19.6 Å². The Hall–Kier alpha value is -3.60. The van der Waals surface area contributed by atoms with Crippen LogP contribution in [0, 0.1) is 11.3 Å². The van der Waals surface area contributed by atoms with E-state index in [0.29, 0.717) is 18.1 Å². The van der Waals surface area contributed by atoms with Gasteiger partial charge in [0.2, 0.25) is 5.91 Å². The highest BCUT2D eigenvalue weighted by molar-refractivity contribution is 6.30. The van der Waals surface area contributed by atoms with E-state index in [1.165, 1.54) is 5.69 Å². The summed E-state index contributed by atoms with van der Waals surface area (Å²) in [5.41, 5.74) is 6.05. The van der Waals surface area contributed by atoms with Crippen molar-refractivity contribution in [3.8, 4) is 17.3 Å². The largest absolute Gasteiger partial charge is 0.368 e. The second-order valence-electron chi connectivity index (χ2n) is 9.54. The summed E-state index contributed by atoms with van der Waals surface area (Å²) < 4.78 is 2.09. The van der Waals surface area contributed by atoms with E-state index in [1.807, 2.05) is 53.4 Å². The molecule has 0 bridgehead atoms. The molecule has 3 heterocycles. The zero-order valence-corrected chi connectivity index (χ0v) is 21.9. The van der Waals surface area contributed by atoms with Crippen LogP contribution in [0.4, 0.5) is 5.69 Å². The molecular weight excluding hydrogens is 484 g/mol. The molecular formula is C29H31ClN6O. The van der Waals surface area contributed by atoms with Gasteiger partial charge in [-0.05, 0) is 24.3 Å².